The van der Waals surface area contributed by atoms with E-state index in [0.29, 0.717) is 0 Å². The summed E-state index contributed by atoms with van der Waals surface area (Å²) in [5.41, 5.74) is 2.76. The minimum atomic E-state index is 0.137. The molecule has 0 heterocycles. The number of Topliss-reactive ketones (excluding diaryl/α,β-unsaturated/α-hetero) is 1. The molecule has 0 aromatic heterocycles. The molecule has 0 radical (unpaired) electrons. The number of thioether (sulfide) groups is 1. The molecule has 0 saturated heterocycles. The van der Waals surface area contributed by atoms with E-state index in [9.17, 15) is 4.79 Å². The molecule has 0 aliphatic rings. The average Bonchev–Trinajstić information content (AvgIpc) is 2.17. The topological polar surface area (TPSA) is 17.1 Å². The van der Waals surface area contributed by atoms with Crippen LogP contribution < -0.4 is 0 Å². The molecule has 0 N–H and O–H groups in total. The summed E-state index contributed by atoms with van der Waals surface area (Å²) in [6.45, 7) is 8.07. The Balaban J connectivity index is 4.03. The third-order valence-electron chi connectivity index (χ3n) is 2.51. The van der Waals surface area contributed by atoms with Crippen molar-refractivity contribution in [2.24, 2.45) is 0 Å². The molecule has 92 valence electrons. The second-order valence-corrected chi connectivity index (χ2v) is 5.48. The predicted molar refractivity (Wildman–Crippen MR) is 75.0 cm³/mol. The maximum absolute atomic E-state index is 11.2. The highest BCUT2D eigenvalue weighted by Gasteiger charge is 2.09. The van der Waals surface area contributed by atoms with Crippen LogP contribution in [0.4, 0.5) is 0 Å². The van der Waals surface area contributed by atoms with Crippen LogP contribution in [0.15, 0.2) is 23.3 Å². The highest BCUT2D eigenvalue weighted by atomic mass is 32.2. The van der Waals surface area contributed by atoms with E-state index in [-0.39, 0.29) is 11.0 Å². The molecule has 0 aliphatic carbocycles. The highest BCUT2D eigenvalue weighted by molar-refractivity contribution is 7.99. The summed E-state index contributed by atoms with van der Waals surface area (Å²) in [6, 6.07) is 0. The molecule has 0 aromatic rings. The Hall–Kier alpha value is -0.500. The summed E-state index contributed by atoms with van der Waals surface area (Å²) >= 11 is 1.64. The van der Waals surface area contributed by atoms with Gasteiger partial charge in [0.1, 0.15) is 5.78 Å². The molecule has 0 spiro atoms. The summed E-state index contributed by atoms with van der Waals surface area (Å²) in [4.78, 5) is 11.2. The lowest BCUT2D eigenvalue weighted by molar-refractivity contribution is -0.116. The first-order valence-corrected chi connectivity index (χ1v) is 7.08. The third kappa shape index (κ3) is 7.75. The van der Waals surface area contributed by atoms with Crippen LogP contribution in [-0.4, -0.2) is 17.3 Å². The van der Waals surface area contributed by atoms with E-state index < -0.39 is 0 Å². The minimum absolute atomic E-state index is 0.137. The van der Waals surface area contributed by atoms with Crippen LogP contribution in [0.3, 0.4) is 0 Å². The maximum Gasteiger partial charge on any atom is 0.143 e. The molecule has 1 nitrogen and oxygen atoms in total. The number of hydrogen-bond donors (Lipinski definition) is 0. The fraction of sp³-hybridized carbons (Fsp3) is 0.643. The van der Waals surface area contributed by atoms with Crippen molar-refractivity contribution >= 4 is 17.5 Å². The van der Waals surface area contributed by atoms with Gasteiger partial charge in [-0.25, -0.2) is 0 Å². The Bertz CT molecular complexity index is 272. The SMILES string of the molecule is CSC(C/C=C(\C)CCC=C(C)C)C(C)=O. The molecule has 0 saturated carbocycles. The van der Waals surface area contributed by atoms with Gasteiger partial charge in [0.05, 0.1) is 5.25 Å². The summed E-state index contributed by atoms with van der Waals surface area (Å²) in [7, 11) is 0. The van der Waals surface area contributed by atoms with E-state index in [1.165, 1.54) is 11.1 Å². The highest BCUT2D eigenvalue weighted by Crippen LogP contribution is 2.15. The van der Waals surface area contributed by atoms with Gasteiger partial charge in [0.15, 0.2) is 0 Å². The molecule has 0 aliphatic heterocycles. The summed E-state index contributed by atoms with van der Waals surface area (Å²) in [6.07, 6.45) is 9.55. The molecule has 0 amide bonds. The van der Waals surface area contributed by atoms with Gasteiger partial charge in [-0.15, -0.1) is 0 Å². The van der Waals surface area contributed by atoms with Crippen molar-refractivity contribution in [3.8, 4) is 0 Å². The van der Waals surface area contributed by atoms with Gasteiger partial charge < -0.3 is 0 Å². The van der Waals surface area contributed by atoms with Crippen molar-refractivity contribution in [3.63, 3.8) is 0 Å². The quantitative estimate of drug-likeness (QED) is 0.614. The molecule has 0 bridgehead atoms. The van der Waals surface area contributed by atoms with E-state index in [0.717, 1.165) is 19.3 Å². The van der Waals surface area contributed by atoms with E-state index in [1.807, 2.05) is 6.26 Å². The fourth-order valence-corrected chi connectivity index (χ4v) is 2.05. The Morgan fingerprint density at radius 2 is 1.81 bits per heavy atom. The first-order chi connectivity index (χ1) is 7.47. The Kier molecular flexibility index (Phi) is 8.36. The van der Waals surface area contributed by atoms with Gasteiger partial charge in [-0.05, 0) is 53.2 Å². The van der Waals surface area contributed by atoms with E-state index in [4.69, 9.17) is 0 Å². The van der Waals surface area contributed by atoms with Gasteiger partial charge in [0.2, 0.25) is 0 Å². The maximum atomic E-state index is 11.2. The van der Waals surface area contributed by atoms with Crippen molar-refractivity contribution in [2.45, 2.75) is 52.2 Å². The van der Waals surface area contributed by atoms with Crippen LogP contribution >= 0.6 is 11.8 Å². The fourth-order valence-electron chi connectivity index (χ4n) is 1.43. The van der Waals surface area contributed by atoms with Crippen LogP contribution in [0, 0.1) is 0 Å². The molecule has 2 heteroatoms. The van der Waals surface area contributed by atoms with Gasteiger partial charge in [0, 0.05) is 0 Å². The molecule has 16 heavy (non-hydrogen) atoms. The van der Waals surface area contributed by atoms with Gasteiger partial charge in [0.25, 0.3) is 0 Å². The van der Waals surface area contributed by atoms with E-state index in [1.54, 1.807) is 18.7 Å². The number of carbonyl (C=O) groups is 1. The molecule has 0 rings (SSSR count). The number of ketones is 1. The van der Waals surface area contributed by atoms with Crippen molar-refractivity contribution in [3.05, 3.63) is 23.3 Å². The standard InChI is InChI=1S/C14H24OS/c1-11(2)7-6-8-12(3)9-10-14(16-5)13(4)15/h7,9,14H,6,8,10H2,1-5H3/b12-9+. The monoisotopic (exact) mass is 240 g/mol. The van der Waals surface area contributed by atoms with E-state index >= 15 is 0 Å². The predicted octanol–water partition coefficient (Wildman–Crippen LogP) is 4.39. The van der Waals surface area contributed by atoms with Gasteiger partial charge in [-0.3, -0.25) is 4.79 Å². The van der Waals surface area contributed by atoms with Crippen LogP contribution in [0.25, 0.3) is 0 Å². The lowest BCUT2D eigenvalue weighted by Gasteiger charge is -2.08. The minimum Gasteiger partial charge on any atom is -0.299 e. The zero-order valence-electron chi connectivity index (χ0n) is 11.2. The number of allylic oxidation sites excluding steroid dienone is 4. The third-order valence-corrected chi connectivity index (χ3v) is 3.60. The molecular weight excluding hydrogens is 216 g/mol. The van der Waals surface area contributed by atoms with Crippen molar-refractivity contribution < 1.29 is 4.79 Å². The number of rotatable bonds is 7. The molecule has 0 fully saturated rings. The zero-order valence-corrected chi connectivity index (χ0v) is 12.0. The Labute approximate surface area is 104 Å². The van der Waals surface area contributed by atoms with Crippen molar-refractivity contribution in [1.82, 2.24) is 0 Å². The van der Waals surface area contributed by atoms with Crippen LogP contribution in [0.1, 0.15) is 47.0 Å². The summed E-state index contributed by atoms with van der Waals surface area (Å²) in [5, 5.41) is 0.137. The van der Waals surface area contributed by atoms with Crippen LogP contribution in [0.5, 0.6) is 0 Å². The largest absolute Gasteiger partial charge is 0.299 e. The van der Waals surface area contributed by atoms with Crippen molar-refractivity contribution in [2.75, 3.05) is 6.26 Å². The Morgan fingerprint density at radius 3 is 2.25 bits per heavy atom. The lowest BCUT2D eigenvalue weighted by Crippen LogP contribution is -2.11. The number of hydrogen-bond acceptors (Lipinski definition) is 2. The molecule has 1 atom stereocenters. The first kappa shape index (κ1) is 15.5. The van der Waals surface area contributed by atoms with Crippen molar-refractivity contribution in [1.29, 1.82) is 0 Å². The second kappa shape index (κ2) is 8.63. The smallest absolute Gasteiger partial charge is 0.143 e. The molecule has 1 unspecified atom stereocenters. The van der Waals surface area contributed by atoms with Gasteiger partial charge >= 0.3 is 0 Å². The Morgan fingerprint density at radius 1 is 1.19 bits per heavy atom. The number of carbonyl (C=O) groups excluding carboxylic acids is 1. The average molecular weight is 240 g/mol. The normalized spacial score (nSPS) is 13.4. The molecule has 0 aromatic carbocycles. The van der Waals surface area contributed by atoms with Crippen LogP contribution in [0.2, 0.25) is 0 Å². The summed E-state index contributed by atoms with van der Waals surface area (Å²) in [5.74, 6) is 0.279. The summed E-state index contributed by atoms with van der Waals surface area (Å²) < 4.78 is 0. The van der Waals surface area contributed by atoms with Crippen LogP contribution in [-0.2, 0) is 4.79 Å². The molecular formula is C14H24OS. The van der Waals surface area contributed by atoms with E-state index in [2.05, 4.69) is 32.9 Å². The lowest BCUT2D eigenvalue weighted by atomic mass is 10.1. The second-order valence-electron chi connectivity index (χ2n) is 4.44. The van der Waals surface area contributed by atoms with Gasteiger partial charge in [-0.1, -0.05) is 23.3 Å². The van der Waals surface area contributed by atoms with Gasteiger partial charge in [-0.2, -0.15) is 11.8 Å². The zero-order chi connectivity index (χ0) is 12.6. The first-order valence-electron chi connectivity index (χ1n) is 5.79.